The fourth-order valence-corrected chi connectivity index (χ4v) is 3.09. The number of aromatic amines is 1. The highest BCUT2D eigenvalue weighted by molar-refractivity contribution is 5.78. The van der Waals surface area contributed by atoms with Crippen LogP contribution in [0, 0.1) is 5.82 Å². The van der Waals surface area contributed by atoms with Gasteiger partial charge in [-0.3, -0.25) is 9.78 Å². The molecular formula is C18H19F4N5O2. The summed E-state index contributed by atoms with van der Waals surface area (Å²) in [7, 11) is 3.35. The predicted octanol–water partition coefficient (Wildman–Crippen LogP) is 3.40. The van der Waals surface area contributed by atoms with Crippen molar-refractivity contribution in [3.05, 3.63) is 45.6 Å². The van der Waals surface area contributed by atoms with E-state index in [9.17, 15) is 22.4 Å². The molecule has 0 unspecified atom stereocenters. The molecule has 0 fully saturated rings. The summed E-state index contributed by atoms with van der Waals surface area (Å²) in [6, 6.07) is 2.94. The first-order valence-corrected chi connectivity index (χ1v) is 8.75. The molecule has 0 spiro atoms. The number of nitrogens with one attached hydrogen (secondary N) is 1. The van der Waals surface area contributed by atoms with Crippen LogP contribution in [-0.4, -0.2) is 40.5 Å². The summed E-state index contributed by atoms with van der Waals surface area (Å²) in [4.78, 5) is 21.0. The summed E-state index contributed by atoms with van der Waals surface area (Å²) in [6.07, 6.45) is 0.392. The Kier molecular flexibility index (Phi) is 5.76. The molecule has 1 aromatic carbocycles. The van der Waals surface area contributed by atoms with E-state index < -0.39 is 36.5 Å². The zero-order chi connectivity index (χ0) is 21.3. The average Bonchev–Trinajstić information content (AvgIpc) is 3.03. The summed E-state index contributed by atoms with van der Waals surface area (Å²) >= 11 is 0. The van der Waals surface area contributed by atoms with Crippen LogP contribution in [0.2, 0.25) is 0 Å². The Morgan fingerprint density at radius 3 is 2.59 bits per heavy atom. The third-order valence-electron chi connectivity index (χ3n) is 4.41. The molecule has 29 heavy (non-hydrogen) atoms. The second-order valence-corrected chi connectivity index (χ2v) is 6.50. The number of anilines is 1. The van der Waals surface area contributed by atoms with E-state index in [0.717, 1.165) is 12.1 Å². The van der Waals surface area contributed by atoms with E-state index in [1.165, 1.54) is 10.7 Å². The number of benzene rings is 1. The highest BCUT2D eigenvalue weighted by Crippen LogP contribution is 2.30. The van der Waals surface area contributed by atoms with Crippen LogP contribution in [0.5, 0.6) is 5.75 Å². The molecule has 7 nitrogen and oxygen atoms in total. The molecule has 0 radical (unpaired) electrons. The number of hydrogen-bond donors (Lipinski definition) is 1. The van der Waals surface area contributed by atoms with Gasteiger partial charge in [-0.15, -0.1) is 0 Å². The zero-order valence-electron chi connectivity index (χ0n) is 15.9. The lowest BCUT2D eigenvalue weighted by Crippen LogP contribution is -2.20. The van der Waals surface area contributed by atoms with Crippen LogP contribution in [0.1, 0.15) is 30.6 Å². The van der Waals surface area contributed by atoms with Gasteiger partial charge in [-0.1, -0.05) is 13.0 Å². The second kappa shape index (κ2) is 8.10. The van der Waals surface area contributed by atoms with Crippen molar-refractivity contribution in [3.8, 4) is 5.75 Å². The summed E-state index contributed by atoms with van der Waals surface area (Å²) in [5, 5.41) is 4.19. The topological polar surface area (TPSA) is 76.0 Å². The monoisotopic (exact) mass is 413 g/mol. The Balaban J connectivity index is 2.17. The van der Waals surface area contributed by atoms with Crippen molar-refractivity contribution in [1.29, 1.82) is 0 Å². The molecular weight excluding hydrogens is 394 g/mol. The van der Waals surface area contributed by atoms with Crippen LogP contribution < -0.4 is 15.2 Å². The van der Waals surface area contributed by atoms with E-state index in [0.29, 0.717) is 12.0 Å². The first-order chi connectivity index (χ1) is 13.8. The molecule has 0 bridgehead atoms. The van der Waals surface area contributed by atoms with Crippen molar-refractivity contribution in [1.82, 2.24) is 19.7 Å². The highest BCUT2D eigenvalue weighted by atomic mass is 19.3. The number of ether oxygens (including phenoxy) is 1. The standard InChI is InChI=1S/C18H19F4N5O2/c1-4-12(9-5-6-13(10(20)7-9)29-17(21)22)27-15-14(11(8-19)25-27)16(28)24-18(23-15)26(2)3/h5-7,12,17H,4,8H2,1-3H3,(H,23,24,28)/t12-/m1/s1. The molecule has 0 amide bonds. The SMILES string of the molecule is CC[C@H](c1ccc(OC(F)F)c(F)c1)n1nc(CF)c2c(=O)[nH]c(N(C)C)nc21. The number of nitrogens with zero attached hydrogens (tertiary/aromatic N) is 4. The molecule has 0 aliphatic carbocycles. The molecule has 11 heteroatoms. The quantitative estimate of drug-likeness (QED) is 0.601. The maximum Gasteiger partial charge on any atom is 0.387 e. The molecule has 156 valence electrons. The second-order valence-electron chi connectivity index (χ2n) is 6.50. The maximum absolute atomic E-state index is 14.2. The fourth-order valence-electron chi connectivity index (χ4n) is 3.09. The number of fused-ring (bicyclic) bond motifs is 1. The Morgan fingerprint density at radius 1 is 1.31 bits per heavy atom. The van der Waals surface area contributed by atoms with E-state index in [1.54, 1.807) is 25.9 Å². The third kappa shape index (κ3) is 3.89. The van der Waals surface area contributed by atoms with E-state index >= 15 is 0 Å². The van der Waals surface area contributed by atoms with E-state index in [1.807, 2.05) is 0 Å². The van der Waals surface area contributed by atoms with Gasteiger partial charge in [0.1, 0.15) is 17.8 Å². The number of aromatic nitrogens is 4. The van der Waals surface area contributed by atoms with E-state index in [2.05, 4.69) is 19.8 Å². The molecule has 0 saturated carbocycles. The van der Waals surface area contributed by atoms with Crippen LogP contribution in [0.4, 0.5) is 23.5 Å². The lowest BCUT2D eigenvalue weighted by Gasteiger charge is -2.18. The zero-order valence-corrected chi connectivity index (χ0v) is 15.9. The minimum absolute atomic E-state index is 0.00896. The van der Waals surface area contributed by atoms with Crippen molar-refractivity contribution in [2.75, 3.05) is 19.0 Å². The largest absolute Gasteiger partial charge is 0.432 e. The number of hydrogen-bond acceptors (Lipinski definition) is 5. The molecule has 0 aliphatic rings. The van der Waals surface area contributed by atoms with Crippen LogP contribution in [0.15, 0.2) is 23.0 Å². The van der Waals surface area contributed by atoms with Crippen LogP contribution in [-0.2, 0) is 6.67 Å². The summed E-state index contributed by atoms with van der Waals surface area (Å²) < 4.78 is 57.9. The smallest absolute Gasteiger partial charge is 0.387 e. The Hall–Kier alpha value is -3.11. The molecule has 1 N–H and O–H groups in total. The van der Waals surface area contributed by atoms with Crippen molar-refractivity contribution >= 4 is 17.0 Å². The number of alkyl halides is 3. The molecule has 2 heterocycles. The Bertz CT molecular complexity index is 1080. The van der Waals surface area contributed by atoms with Gasteiger partial charge in [0.2, 0.25) is 5.95 Å². The van der Waals surface area contributed by atoms with Crippen LogP contribution in [0.25, 0.3) is 11.0 Å². The fraction of sp³-hybridized carbons (Fsp3) is 0.389. The molecule has 3 rings (SSSR count). The summed E-state index contributed by atoms with van der Waals surface area (Å²) in [5.41, 5.74) is -0.102. The van der Waals surface area contributed by atoms with Crippen molar-refractivity contribution in [2.45, 2.75) is 32.7 Å². The van der Waals surface area contributed by atoms with Crippen molar-refractivity contribution < 1.29 is 22.3 Å². The van der Waals surface area contributed by atoms with Gasteiger partial charge in [0, 0.05) is 14.1 Å². The normalized spacial score (nSPS) is 12.6. The molecule has 2 aromatic heterocycles. The van der Waals surface area contributed by atoms with Gasteiger partial charge in [0.05, 0.1) is 6.04 Å². The van der Waals surface area contributed by atoms with Crippen LogP contribution >= 0.6 is 0 Å². The van der Waals surface area contributed by atoms with Gasteiger partial charge < -0.3 is 9.64 Å². The first kappa shape index (κ1) is 20.6. The predicted molar refractivity (Wildman–Crippen MR) is 98.7 cm³/mol. The molecule has 0 saturated heterocycles. The van der Waals surface area contributed by atoms with Gasteiger partial charge in [0.15, 0.2) is 17.2 Å². The number of H-pyrrole nitrogens is 1. The lowest BCUT2D eigenvalue weighted by atomic mass is 10.0. The molecule has 0 aliphatic heterocycles. The highest BCUT2D eigenvalue weighted by Gasteiger charge is 2.24. The van der Waals surface area contributed by atoms with Crippen molar-refractivity contribution in [3.63, 3.8) is 0 Å². The lowest BCUT2D eigenvalue weighted by molar-refractivity contribution is -0.0522. The number of rotatable bonds is 7. The Morgan fingerprint density at radius 2 is 2.03 bits per heavy atom. The Labute approximate surface area is 162 Å². The van der Waals surface area contributed by atoms with Gasteiger partial charge in [-0.2, -0.15) is 18.9 Å². The molecule has 3 aromatic rings. The van der Waals surface area contributed by atoms with Gasteiger partial charge in [0.25, 0.3) is 5.56 Å². The number of halogens is 4. The van der Waals surface area contributed by atoms with E-state index in [-0.39, 0.29) is 22.7 Å². The van der Waals surface area contributed by atoms with Crippen molar-refractivity contribution in [2.24, 2.45) is 0 Å². The van der Waals surface area contributed by atoms with Gasteiger partial charge >= 0.3 is 6.61 Å². The first-order valence-electron chi connectivity index (χ1n) is 8.75. The van der Waals surface area contributed by atoms with E-state index in [4.69, 9.17) is 0 Å². The third-order valence-corrected chi connectivity index (χ3v) is 4.41. The van der Waals surface area contributed by atoms with Gasteiger partial charge in [-0.25, -0.2) is 13.5 Å². The minimum atomic E-state index is -3.15. The summed E-state index contributed by atoms with van der Waals surface area (Å²) in [6.45, 7) is -2.35. The average molecular weight is 413 g/mol. The summed E-state index contributed by atoms with van der Waals surface area (Å²) in [5.74, 6) is -1.31. The minimum Gasteiger partial charge on any atom is -0.432 e. The molecule has 1 atom stereocenters. The maximum atomic E-state index is 14.2. The van der Waals surface area contributed by atoms with Crippen LogP contribution in [0.3, 0.4) is 0 Å². The van der Waals surface area contributed by atoms with Gasteiger partial charge in [-0.05, 0) is 24.1 Å².